The maximum Gasteiger partial charge on any atom is 0.673 e. The van der Waals surface area contributed by atoms with E-state index in [4.69, 9.17) is 0 Å². The van der Waals surface area contributed by atoms with Crippen LogP contribution in [0.15, 0.2) is 24.3 Å². The molecule has 0 bridgehead atoms. The number of halogens is 4. The molecule has 0 unspecified atom stereocenters. The lowest BCUT2D eigenvalue weighted by Gasteiger charge is -1.94. The average Bonchev–Trinajstić information content (AvgIpc) is 1.79. The molecule has 0 radical (unpaired) electrons. The molecule has 1 aliphatic carbocycles. The third kappa shape index (κ3) is 18.3. The minimum absolute atomic E-state index is 1.27. The van der Waals surface area contributed by atoms with Crippen molar-refractivity contribution >= 4 is 7.25 Å². The van der Waals surface area contributed by atoms with E-state index in [0.29, 0.717) is 0 Å². The molecule has 0 aromatic heterocycles. The van der Waals surface area contributed by atoms with Gasteiger partial charge < -0.3 is 17.3 Å². The van der Waals surface area contributed by atoms with Crippen LogP contribution in [0.25, 0.3) is 0 Å². The zero-order valence-corrected chi connectivity index (χ0v) is 7.23. The molecule has 1 aliphatic rings. The maximum atomic E-state index is 9.75. The molecule has 0 aromatic carbocycles. The normalized spacial score (nSPS) is 21.8. The van der Waals surface area contributed by atoms with Crippen molar-refractivity contribution in [2.24, 2.45) is 0 Å². The van der Waals surface area contributed by atoms with Crippen LogP contribution in [0, 0.1) is 0 Å². The van der Waals surface area contributed by atoms with Gasteiger partial charge in [-0.05, 0) is 25.7 Å². The third-order valence-corrected chi connectivity index (χ3v) is 1.37. The Morgan fingerprint density at radius 3 is 1.38 bits per heavy atom. The lowest BCUT2D eigenvalue weighted by Crippen LogP contribution is -2.02. The first-order valence-corrected chi connectivity index (χ1v) is 4.19. The Morgan fingerprint density at radius 1 is 0.769 bits per heavy atom. The topological polar surface area (TPSA) is 0 Å². The van der Waals surface area contributed by atoms with Crippen molar-refractivity contribution in [2.45, 2.75) is 25.7 Å². The van der Waals surface area contributed by atoms with Gasteiger partial charge in [-0.2, -0.15) is 0 Å². The second-order valence-corrected chi connectivity index (χ2v) is 2.64. The lowest BCUT2D eigenvalue weighted by molar-refractivity contribution is 0.368. The highest BCUT2D eigenvalue weighted by atomic mass is 19.5. The minimum Gasteiger partial charge on any atom is -0.418 e. The van der Waals surface area contributed by atoms with Crippen molar-refractivity contribution in [1.29, 1.82) is 0 Å². The van der Waals surface area contributed by atoms with E-state index in [0.717, 1.165) is 0 Å². The summed E-state index contributed by atoms with van der Waals surface area (Å²) >= 11 is 0. The second-order valence-electron chi connectivity index (χ2n) is 2.64. The van der Waals surface area contributed by atoms with Crippen LogP contribution in [0.4, 0.5) is 17.3 Å². The Labute approximate surface area is 75.4 Å². The fraction of sp³-hybridized carbons (Fsp3) is 0.500. The highest BCUT2D eigenvalue weighted by molar-refractivity contribution is 6.50. The predicted octanol–water partition coefficient (Wildman–Crippen LogP) is 3.97. The molecule has 0 amide bonds. The zero-order valence-electron chi connectivity index (χ0n) is 7.23. The van der Waals surface area contributed by atoms with Crippen molar-refractivity contribution < 1.29 is 17.3 Å². The van der Waals surface area contributed by atoms with Crippen LogP contribution in [-0.4, -0.2) is 7.25 Å². The molecule has 76 valence electrons. The summed E-state index contributed by atoms with van der Waals surface area (Å²) in [6.07, 6.45) is 14.0. The molecular formula is C8H12BF4-. The van der Waals surface area contributed by atoms with Gasteiger partial charge in [0, 0.05) is 0 Å². The number of rotatable bonds is 0. The van der Waals surface area contributed by atoms with Crippen LogP contribution < -0.4 is 0 Å². The Kier molecular flexibility index (Phi) is 6.36. The van der Waals surface area contributed by atoms with E-state index in [1.54, 1.807) is 0 Å². The summed E-state index contributed by atoms with van der Waals surface area (Å²) in [6.45, 7) is 0. The van der Waals surface area contributed by atoms with Gasteiger partial charge in [-0.15, -0.1) is 0 Å². The summed E-state index contributed by atoms with van der Waals surface area (Å²) in [4.78, 5) is 0. The predicted molar refractivity (Wildman–Crippen MR) is 46.9 cm³/mol. The monoisotopic (exact) mass is 195 g/mol. The van der Waals surface area contributed by atoms with Crippen LogP contribution >= 0.6 is 0 Å². The first-order chi connectivity index (χ1) is 6.00. The van der Waals surface area contributed by atoms with Crippen molar-refractivity contribution in [2.75, 3.05) is 0 Å². The summed E-state index contributed by atoms with van der Waals surface area (Å²) in [6, 6.07) is 0. The molecular weight excluding hydrogens is 183 g/mol. The summed E-state index contributed by atoms with van der Waals surface area (Å²) < 4.78 is 39.0. The van der Waals surface area contributed by atoms with Crippen LogP contribution in [0.5, 0.6) is 0 Å². The zero-order chi connectivity index (χ0) is 10.2. The number of allylic oxidation sites excluding steroid dienone is 4. The molecule has 5 heteroatoms. The van der Waals surface area contributed by atoms with Gasteiger partial charge in [-0.3, -0.25) is 0 Å². The molecule has 0 nitrogen and oxygen atoms in total. The molecule has 0 saturated carbocycles. The number of hydrogen-bond donors (Lipinski definition) is 0. The molecule has 0 spiro atoms. The first-order valence-electron chi connectivity index (χ1n) is 4.19. The fourth-order valence-electron chi connectivity index (χ4n) is 0.874. The Balaban J connectivity index is 0.000000252. The largest absolute Gasteiger partial charge is 0.673 e. The SMILES string of the molecule is C1=C\CCCC\C=C/1.F[B-](F)(F)F. The van der Waals surface area contributed by atoms with Crippen molar-refractivity contribution in [3.8, 4) is 0 Å². The quantitative estimate of drug-likeness (QED) is 0.405. The van der Waals surface area contributed by atoms with Crippen LogP contribution in [0.1, 0.15) is 25.7 Å². The van der Waals surface area contributed by atoms with E-state index >= 15 is 0 Å². The van der Waals surface area contributed by atoms with Gasteiger partial charge in [0.15, 0.2) is 0 Å². The highest BCUT2D eigenvalue weighted by Gasteiger charge is 2.20. The molecule has 0 heterocycles. The van der Waals surface area contributed by atoms with Gasteiger partial charge in [-0.25, -0.2) is 0 Å². The molecule has 0 atom stereocenters. The van der Waals surface area contributed by atoms with Gasteiger partial charge in [0.05, 0.1) is 0 Å². The molecule has 0 aliphatic heterocycles. The summed E-state index contributed by atoms with van der Waals surface area (Å²) in [5, 5.41) is 0. The van der Waals surface area contributed by atoms with Gasteiger partial charge >= 0.3 is 7.25 Å². The van der Waals surface area contributed by atoms with Gasteiger partial charge in [-0.1, -0.05) is 24.3 Å². The molecule has 0 fully saturated rings. The lowest BCUT2D eigenvalue weighted by atomic mass is 10.1. The van der Waals surface area contributed by atoms with Crippen molar-refractivity contribution in [3.63, 3.8) is 0 Å². The molecule has 0 saturated heterocycles. The van der Waals surface area contributed by atoms with E-state index in [9.17, 15) is 17.3 Å². The highest BCUT2D eigenvalue weighted by Crippen LogP contribution is 2.06. The Morgan fingerprint density at radius 2 is 1.08 bits per heavy atom. The maximum absolute atomic E-state index is 9.75. The van der Waals surface area contributed by atoms with E-state index in [1.807, 2.05) is 0 Å². The Hall–Kier alpha value is -0.735. The summed E-state index contributed by atoms with van der Waals surface area (Å²) in [5.41, 5.74) is 0. The van der Waals surface area contributed by atoms with Crippen LogP contribution in [0.2, 0.25) is 0 Å². The van der Waals surface area contributed by atoms with E-state index in [1.165, 1.54) is 25.7 Å². The Bertz CT molecular complexity index is 151. The van der Waals surface area contributed by atoms with Crippen LogP contribution in [0.3, 0.4) is 0 Å². The van der Waals surface area contributed by atoms with Gasteiger partial charge in [0.25, 0.3) is 0 Å². The molecule has 0 aromatic rings. The molecule has 0 N–H and O–H groups in total. The standard InChI is InChI=1S/C8H12.BF4/c1-2-4-6-8-7-5-3-1;2-1(3,4)5/h1-4H,5-8H2;/q;-1/b3-1-,4-2-;. The first kappa shape index (κ1) is 12.3. The fourth-order valence-corrected chi connectivity index (χ4v) is 0.874. The van der Waals surface area contributed by atoms with Crippen molar-refractivity contribution in [3.05, 3.63) is 24.3 Å². The van der Waals surface area contributed by atoms with E-state index < -0.39 is 7.25 Å². The number of hydrogen-bond acceptors (Lipinski definition) is 0. The van der Waals surface area contributed by atoms with Gasteiger partial charge in [0.1, 0.15) is 0 Å². The van der Waals surface area contributed by atoms with Gasteiger partial charge in [0.2, 0.25) is 0 Å². The minimum atomic E-state index is -6.00. The van der Waals surface area contributed by atoms with E-state index in [2.05, 4.69) is 24.3 Å². The summed E-state index contributed by atoms with van der Waals surface area (Å²) in [7, 11) is -6.00. The summed E-state index contributed by atoms with van der Waals surface area (Å²) in [5.74, 6) is 0. The molecule has 13 heavy (non-hydrogen) atoms. The molecule has 1 rings (SSSR count). The van der Waals surface area contributed by atoms with Crippen molar-refractivity contribution in [1.82, 2.24) is 0 Å². The third-order valence-electron chi connectivity index (χ3n) is 1.37. The van der Waals surface area contributed by atoms with E-state index in [-0.39, 0.29) is 0 Å². The van der Waals surface area contributed by atoms with Crippen LogP contribution in [-0.2, 0) is 0 Å². The average molecular weight is 195 g/mol. The second kappa shape index (κ2) is 6.75. The smallest absolute Gasteiger partial charge is 0.418 e.